The summed E-state index contributed by atoms with van der Waals surface area (Å²) in [6, 6.07) is 6.65. The molecule has 41 heavy (non-hydrogen) atoms. The van der Waals surface area contributed by atoms with Crippen LogP contribution in [0.1, 0.15) is 111 Å². The molecule has 1 aromatic carbocycles. The fourth-order valence-electron chi connectivity index (χ4n) is 7.13. The molecule has 3 aliphatic rings. The van der Waals surface area contributed by atoms with E-state index < -0.39 is 0 Å². The Bertz CT molecular complexity index is 1170. The summed E-state index contributed by atoms with van der Waals surface area (Å²) < 4.78 is 0. The first-order chi connectivity index (χ1) is 19.3. The summed E-state index contributed by atoms with van der Waals surface area (Å²) in [4.78, 5) is 24.9. The van der Waals surface area contributed by atoms with Crippen molar-refractivity contribution in [2.45, 2.75) is 117 Å². The van der Waals surface area contributed by atoms with Crippen LogP contribution in [0.5, 0.6) is 5.75 Å². The standard InChI is InChI=1S/C35H54N2O3S/c1-23(24-12-16-27(17-13-24)36-22-26-10-9-11-29(31(26)38)34(2,3)4)25-14-18-28(19-15-25)37-40-30-20-21-41(8)33(32(30)39)35(5,6)7/h9-11,20,22-25,27-28,37-38H,12-19,21H2,1-8H3. The number of phenols is 1. The second-order valence-corrected chi connectivity index (χ2v) is 16.8. The number of aliphatic imine (C=N–C) groups is 1. The number of nitrogens with zero attached hydrogens (tertiary/aromatic N) is 1. The average molecular weight is 583 g/mol. The Hall–Kier alpha value is -1.92. The maximum atomic E-state index is 13.1. The number of carbonyl (C=O) groups is 1. The van der Waals surface area contributed by atoms with Gasteiger partial charge in [0.1, 0.15) is 5.75 Å². The second kappa shape index (κ2) is 13.2. The van der Waals surface area contributed by atoms with Gasteiger partial charge in [-0.1, -0.05) is 60.6 Å². The van der Waals surface area contributed by atoms with Crippen LogP contribution in [0.2, 0.25) is 0 Å². The number of carbonyl (C=O) groups excluding carboxylic acids is 1. The molecule has 1 aromatic rings. The van der Waals surface area contributed by atoms with Gasteiger partial charge in [0, 0.05) is 34.5 Å². The molecule has 0 aromatic heterocycles. The summed E-state index contributed by atoms with van der Waals surface area (Å²) in [6.07, 6.45) is 15.4. The molecule has 1 aliphatic heterocycles. The number of hydrogen-bond donors (Lipinski definition) is 2. The predicted molar refractivity (Wildman–Crippen MR) is 175 cm³/mol. The number of phenolic OH excluding ortho intramolecular Hbond substituents is 1. The lowest BCUT2D eigenvalue weighted by molar-refractivity contribution is -0.115. The van der Waals surface area contributed by atoms with Gasteiger partial charge in [0.2, 0.25) is 5.78 Å². The second-order valence-electron chi connectivity index (χ2n) is 14.8. The molecular weight excluding hydrogens is 528 g/mol. The Morgan fingerprint density at radius 2 is 1.59 bits per heavy atom. The average Bonchev–Trinajstić information content (AvgIpc) is 2.91. The smallest absolute Gasteiger partial charge is 0.231 e. The van der Waals surface area contributed by atoms with Crippen molar-refractivity contribution >= 4 is 27.3 Å². The van der Waals surface area contributed by atoms with Crippen LogP contribution in [0, 0.1) is 23.2 Å². The molecule has 0 spiro atoms. The molecule has 0 radical (unpaired) electrons. The van der Waals surface area contributed by atoms with Crippen LogP contribution in [0.15, 0.2) is 35.0 Å². The van der Waals surface area contributed by atoms with Crippen molar-refractivity contribution in [3.8, 4) is 5.75 Å². The van der Waals surface area contributed by atoms with Crippen molar-refractivity contribution in [1.29, 1.82) is 0 Å². The molecule has 2 N–H and O–H groups in total. The fraction of sp³-hybridized carbons (Fsp3) is 0.686. The minimum Gasteiger partial charge on any atom is -0.507 e. The molecule has 2 saturated carbocycles. The molecule has 228 valence electrons. The molecule has 2 atom stereocenters. The van der Waals surface area contributed by atoms with Crippen LogP contribution in [0.25, 0.3) is 0 Å². The van der Waals surface area contributed by atoms with E-state index in [0.717, 1.165) is 65.2 Å². The lowest BCUT2D eigenvalue weighted by Gasteiger charge is -2.38. The first kappa shape index (κ1) is 32.0. The predicted octanol–water partition coefficient (Wildman–Crippen LogP) is 7.97. The summed E-state index contributed by atoms with van der Waals surface area (Å²) in [6.45, 7) is 15.2. The van der Waals surface area contributed by atoms with E-state index in [0.29, 0.717) is 23.6 Å². The third kappa shape index (κ3) is 7.93. The fourth-order valence-corrected chi connectivity index (χ4v) is 9.16. The number of nitrogens with one attached hydrogen (secondary N) is 1. The van der Waals surface area contributed by atoms with Gasteiger partial charge in [-0.15, -0.1) is 0 Å². The van der Waals surface area contributed by atoms with Gasteiger partial charge < -0.3 is 9.94 Å². The number of rotatable bonds is 7. The summed E-state index contributed by atoms with van der Waals surface area (Å²) in [7, 11) is -0.0217. The largest absolute Gasteiger partial charge is 0.507 e. The van der Waals surface area contributed by atoms with E-state index >= 15 is 0 Å². The number of Topliss-reactive ketones (excluding diaryl/α,β-unsaturated/α-hetero) is 1. The number of para-hydroxylation sites is 1. The summed E-state index contributed by atoms with van der Waals surface area (Å²) in [5, 5.41) is 10.8. The van der Waals surface area contributed by atoms with Crippen molar-refractivity contribution in [3.63, 3.8) is 0 Å². The van der Waals surface area contributed by atoms with Crippen molar-refractivity contribution in [2.75, 3.05) is 12.0 Å². The lowest BCUT2D eigenvalue weighted by Crippen LogP contribution is -2.39. The van der Waals surface area contributed by atoms with Crippen molar-refractivity contribution in [3.05, 3.63) is 41.2 Å². The zero-order chi connectivity index (χ0) is 29.9. The monoisotopic (exact) mass is 582 g/mol. The van der Waals surface area contributed by atoms with Crippen LogP contribution in [-0.4, -0.2) is 46.1 Å². The zero-order valence-electron chi connectivity index (χ0n) is 26.8. The molecule has 2 aliphatic carbocycles. The number of ketones is 1. The number of aromatic hydroxyl groups is 1. The van der Waals surface area contributed by atoms with Gasteiger partial charge in [0.15, 0.2) is 5.76 Å². The van der Waals surface area contributed by atoms with Gasteiger partial charge in [-0.05, 0) is 104 Å². The highest BCUT2D eigenvalue weighted by Crippen LogP contribution is 2.41. The summed E-state index contributed by atoms with van der Waals surface area (Å²) >= 11 is 0. The van der Waals surface area contributed by atoms with Gasteiger partial charge in [0.05, 0.1) is 0 Å². The molecule has 5 nitrogen and oxygen atoms in total. The molecular formula is C35H54N2O3S. The minimum atomic E-state index is -0.126. The molecule has 4 rings (SSSR count). The molecule has 2 fully saturated rings. The number of benzene rings is 1. The Kier molecular flexibility index (Phi) is 10.3. The third-order valence-corrected chi connectivity index (χ3v) is 11.8. The van der Waals surface area contributed by atoms with Crippen molar-refractivity contribution in [1.82, 2.24) is 5.48 Å². The van der Waals surface area contributed by atoms with Gasteiger partial charge in [-0.2, -0.15) is 16.0 Å². The van der Waals surface area contributed by atoms with E-state index in [2.05, 4.69) is 60.2 Å². The van der Waals surface area contributed by atoms with Gasteiger partial charge in [0.25, 0.3) is 0 Å². The topological polar surface area (TPSA) is 70.9 Å². The Morgan fingerprint density at radius 3 is 2.17 bits per heavy atom. The van der Waals surface area contributed by atoms with E-state index in [-0.39, 0.29) is 27.1 Å². The number of hydrogen-bond acceptors (Lipinski definition) is 5. The summed E-state index contributed by atoms with van der Waals surface area (Å²) in [5.41, 5.74) is 4.84. The van der Waals surface area contributed by atoms with E-state index in [1.54, 1.807) is 0 Å². The van der Waals surface area contributed by atoms with Crippen LogP contribution < -0.4 is 5.48 Å². The lowest BCUT2D eigenvalue weighted by atomic mass is 9.69. The zero-order valence-corrected chi connectivity index (χ0v) is 27.6. The molecule has 6 heteroatoms. The van der Waals surface area contributed by atoms with Crippen molar-refractivity contribution < 1.29 is 14.7 Å². The molecule has 0 amide bonds. The van der Waals surface area contributed by atoms with Gasteiger partial charge in [-0.3, -0.25) is 9.79 Å². The highest BCUT2D eigenvalue weighted by Gasteiger charge is 2.34. The van der Waals surface area contributed by atoms with E-state index in [9.17, 15) is 9.90 Å². The highest BCUT2D eigenvalue weighted by molar-refractivity contribution is 8.16. The molecule has 1 heterocycles. The highest BCUT2D eigenvalue weighted by atomic mass is 32.2. The van der Waals surface area contributed by atoms with Crippen LogP contribution in [-0.2, 0) is 15.0 Å². The maximum absolute atomic E-state index is 13.1. The summed E-state index contributed by atoms with van der Waals surface area (Å²) in [5.74, 6) is 4.08. The van der Waals surface area contributed by atoms with E-state index in [4.69, 9.17) is 9.83 Å². The quantitative estimate of drug-likeness (QED) is 0.194. The van der Waals surface area contributed by atoms with Crippen LogP contribution in [0.3, 0.4) is 0 Å². The minimum absolute atomic E-state index is 0.0217. The molecule has 2 unspecified atom stereocenters. The van der Waals surface area contributed by atoms with Crippen LogP contribution in [0.4, 0.5) is 0 Å². The third-order valence-electron chi connectivity index (χ3n) is 9.61. The first-order valence-corrected chi connectivity index (χ1v) is 17.6. The van der Waals surface area contributed by atoms with Gasteiger partial charge in [-0.25, -0.2) is 0 Å². The Labute approximate surface area is 251 Å². The normalized spacial score (nSPS) is 29.0. The SMILES string of the molecule is CC(C1CCC(N=Cc2cccc(C(C)(C)C)c2O)CC1)C1CCC(NOC2=CCS(C)=C(C(C)(C)C)C2=O)CC1. The maximum Gasteiger partial charge on any atom is 0.231 e. The number of allylic oxidation sites excluding steroid dienone is 1. The Morgan fingerprint density at radius 1 is 0.976 bits per heavy atom. The Balaban J connectivity index is 1.21. The molecule has 0 bridgehead atoms. The number of hydroxylamine groups is 1. The van der Waals surface area contributed by atoms with Crippen molar-refractivity contribution in [2.24, 2.45) is 28.2 Å². The van der Waals surface area contributed by atoms with Gasteiger partial charge >= 0.3 is 0 Å². The van der Waals surface area contributed by atoms with E-state index in [1.807, 2.05) is 30.5 Å². The first-order valence-electron chi connectivity index (χ1n) is 15.8. The molecule has 0 saturated heterocycles. The van der Waals surface area contributed by atoms with E-state index in [1.165, 1.54) is 25.7 Å². The van der Waals surface area contributed by atoms with Crippen LogP contribution >= 0.6 is 10.5 Å².